The second kappa shape index (κ2) is 13.8. The van der Waals surface area contributed by atoms with Gasteiger partial charge in [-0.1, -0.05) is 43.7 Å². The van der Waals surface area contributed by atoms with Crippen molar-refractivity contribution in [2.24, 2.45) is 0 Å². The number of carbonyl (C=O) groups excluding carboxylic acids is 2. The van der Waals surface area contributed by atoms with Crippen LogP contribution in [-0.2, 0) is 26.2 Å². The van der Waals surface area contributed by atoms with Crippen LogP contribution in [0.1, 0.15) is 45.1 Å². The highest BCUT2D eigenvalue weighted by Gasteiger charge is 2.26. The SMILES string of the molecule is CCCCNC(=O)C(C)N(Cc1cccc(OC)c1)C(=O)CCCN(C)S(=O)(=O)c1ccccc1. The van der Waals surface area contributed by atoms with Gasteiger partial charge in [0.15, 0.2) is 0 Å². The first-order chi connectivity index (χ1) is 16.7. The first-order valence-electron chi connectivity index (χ1n) is 11.9. The minimum Gasteiger partial charge on any atom is -0.497 e. The molecule has 1 unspecified atom stereocenters. The number of nitrogens with one attached hydrogen (secondary N) is 1. The molecule has 2 aromatic carbocycles. The Labute approximate surface area is 209 Å². The second-order valence-corrected chi connectivity index (χ2v) is 10.5. The molecule has 0 aliphatic rings. The van der Waals surface area contributed by atoms with Crippen molar-refractivity contribution in [2.75, 3.05) is 27.2 Å². The Balaban J connectivity index is 2.08. The van der Waals surface area contributed by atoms with E-state index in [1.165, 1.54) is 11.4 Å². The van der Waals surface area contributed by atoms with E-state index in [9.17, 15) is 18.0 Å². The van der Waals surface area contributed by atoms with Gasteiger partial charge in [-0.05, 0) is 49.6 Å². The summed E-state index contributed by atoms with van der Waals surface area (Å²) in [4.78, 5) is 27.7. The molecule has 192 valence electrons. The van der Waals surface area contributed by atoms with Crippen LogP contribution in [0.3, 0.4) is 0 Å². The Kier molecular flexibility index (Phi) is 11.2. The van der Waals surface area contributed by atoms with Gasteiger partial charge in [-0.25, -0.2) is 12.7 Å². The highest BCUT2D eigenvalue weighted by Crippen LogP contribution is 2.18. The lowest BCUT2D eigenvalue weighted by molar-refractivity contribution is -0.140. The standard InChI is InChI=1S/C26H37N3O5S/c1-5-6-17-27-26(31)21(2)29(20-22-12-10-13-23(19-22)34-4)25(30)16-11-18-28(3)35(32,33)24-14-8-7-9-15-24/h7-10,12-15,19,21H,5-6,11,16-18,20H2,1-4H3,(H,27,31). The predicted molar refractivity (Wildman–Crippen MR) is 136 cm³/mol. The fourth-order valence-corrected chi connectivity index (χ4v) is 4.81. The zero-order chi connectivity index (χ0) is 25.8. The Morgan fingerprint density at radius 1 is 1.06 bits per heavy atom. The van der Waals surface area contributed by atoms with E-state index >= 15 is 0 Å². The summed E-state index contributed by atoms with van der Waals surface area (Å²) in [5.74, 6) is 0.248. The van der Waals surface area contributed by atoms with E-state index in [1.54, 1.807) is 49.3 Å². The largest absolute Gasteiger partial charge is 0.497 e. The van der Waals surface area contributed by atoms with Gasteiger partial charge in [-0.2, -0.15) is 0 Å². The monoisotopic (exact) mass is 503 g/mol. The number of benzene rings is 2. The molecule has 0 bridgehead atoms. The molecule has 0 radical (unpaired) electrons. The molecule has 0 fully saturated rings. The number of nitrogens with zero attached hydrogens (tertiary/aromatic N) is 2. The van der Waals surface area contributed by atoms with E-state index in [0.717, 1.165) is 18.4 Å². The van der Waals surface area contributed by atoms with E-state index < -0.39 is 16.1 Å². The summed E-state index contributed by atoms with van der Waals surface area (Å²) in [5, 5.41) is 2.89. The number of rotatable bonds is 14. The molecule has 1 N–H and O–H groups in total. The number of ether oxygens (including phenoxy) is 1. The topological polar surface area (TPSA) is 96.0 Å². The van der Waals surface area contributed by atoms with Gasteiger partial charge >= 0.3 is 0 Å². The number of sulfonamides is 1. The number of hydrogen-bond acceptors (Lipinski definition) is 5. The highest BCUT2D eigenvalue weighted by atomic mass is 32.2. The average Bonchev–Trinajstić information content (AvgIpc) is 2.87. The molecule has 0 aliphatic carbocycles. The van der Waals surface area contributed by atoms with Gasteiger partial charge in [-0.15, -0.1) is 0 Å². The minimum absolute atomic E-state index is 0.116. The molecule has 0 spiro atoms. The quantitative estimate of drug-likeness (QED) is 0.399. The molecule has 0 aromatic heterocycles. The smallest absolute Gasteiger partial charge is 0.242 e. The van der Waals surface area contributed by atoms with Crippen LogP contribution in [0, 0.1) is 0 Å². The van der Waals surface area contributed by atoms with Crippen LogP contribution in [-0.4, -0.2) is 62.7 Å². The Morgan fingerprint density at radius 2 is 1.77 bits per heavy atom. The fourth-order valence-electron chi connectivity index (χ4n) is 3.58. The van der Waals surface area contributed by atoms with E-state index in [2.05, 4.69) is 5.32 Å². The summed E-state index contributed by atoms with van der Waals surface area (Å²) < 4.78 is 32.0. The maximum atomic E-state index is 13.2. The summed E-state index contributed by atoms with van der Waals surface area (Å²) >= 11 is 0. The van der Waals surface area contributed by atoms with Gasteiger partial charge in [0.05, 0.1) is 12.0 Å². The molecule has 0 aliphatic heterocycles. The first-order valence-corrected chi connectivity index (χ1v) is 13.4. The Bertz CT molecular complexity index is 1060. The van der Waals surface area contributed by atoms with Crippen molar-refractivity contribution in [2.45, 2.75) is 57.0 Å². The lowest BCUT2D eigenvalue weighted by Gasteiger charge is -2.29. The highest BCUT2D eigenvalue weighted by molar-refractivity contribution is 7.89. The summed E-state index contributed by atoms with van der Waals surface area (Å²) in [6, 6.07) is 14.9. The summed E-state index contributed by atoms with van der Waals surface area (Å²) in [7, 11) is -0.546. The van der Waals surface area contributed by atoms with Gasteiger partial charge < -0.3 is 15.0 Å². The van der Waals surface area contributed by atoms with Crippen LogP contribution in [0.15, 0.2) is 59.5 Å². The van der Waals surface area contributed by atoms with Crippen molar-refractivity contribution in [1.82, 2.24) is 14.5 Å². The van der Waals surface area contributed by atoms with Crippen LogP contribution in [0.2, 0.25) is 0 Å². The molecule has 0 saturated carbocycles. The van der Waals surface area contributed by atoms with Crippen LogP contribution >= 0.6 is 0 Å². The van der Waals surface area contributed by atoms with Crippen molar-refractivity contribution >= 4 is 21.8 Å². The van der Waals surface area contributed by atoms with Gasteiger partial charge in [-0.3, -0.25) is 9.59 Å². The van der Waals surface area contributed by atoms with Crippen LogP contribution < -0.4 is 10.1 Å². The molecule has 2 rings (SSSR count). The zero-order valence-corrected chi connectivity index (χ0v) is 21.9. The molecule has 8 nitrogen and oxygen atoms in total. The van der Waals surface area contributed by atoms with Gasteiger partial charge in [0, 0.05) is 33.1 Å². The molecule has 2 aromatic rings. The normalized spacial score (nSPS) is 12.3. The third-order valence-corrected chi connectivity index (χ3v) is 7.67. The van der Waals surface area contributed by atoms with E-state index in [-0.39, 0.29) is 36.2 Å². The molecule has 2 amide bonds. The van der Waals surface area contributed by atoms with Crippen LogP contribution in [0.25, 0.3) is 0 Å². The predicted octanol–water partition coefficient (Wildman–Crippen LogP) is 3.43. The summed E-state index contributed by atoms with van der Waals surface area (Å²) in [5.41, 5.74) is 0.842. The lowest BCUT2D eigenvalue weighted by Crippen LogP contribution is -2.47. The number of carbonyl (C=O) groups is 2. The molecule has 0 saturated heterocycles. The molecule has 0 heterocycles. The molecular weight excluding hydrogens is 466 g/mol. The maximum absolute atomic E-state index is 13.2. The molecular formula is C26H37N3O5S. The lowest BCUT2D eigenvalue weighted by atomic mass is 10.1. The maximum Gasteiger partial charge on any atom is 0.242 e. The fraction of sp³-hybridized carbons (Fsp3) is 0.462. The zero-order valence-electron chi connectivity index (χ0n) is 21.1. The number of hydrogen-bond donors (Lipinski definition) is 1. The number of amides is 2. The first kappa shape index (κ1) is 28.3. The van der Waals surface area contributed by atoms with Crippen molar-refractivity contribution < 1.29 is 22.7 Å². The van der Waals surface area contributed by atoms with Crippen LogP contribution in [0.4, 0.5) is 0 Å². The van der Waals surface area contributed by atoms with Crippen molar-refractivity contribution in [3.05, 3.63) is 60.2 Å². The van der Waals surface area contributed by atoms with Crippen molar-refractivity contribution in [3.8, 4) is 5.75 Å². The Morgan fingerprint density at radius 3 is 2.43 bits per heavy atom. The van der Waals surface area contributed by atoms with E-state index in [1.807, 2.05) is 31.2 Å². The number of methoxy groups -OCH3 is 1. The van der Waals surface area contributed by atoms with Crippen molar-refractivity contribution in [3.63, 3.8) is 0 Å². The van der Waals surface area contributed by atoms with Gasteiger partial charge in [0.1, 0.15) is 11.8 Å². The van der Waals surface area contributed by atoms with E-state index in [4.69, 9.17) is 4.74 Å². The van der Waals surface area contributed by atoms with Gasteiger partial charge in [0.2, 0.25) is 21.8 Å². The average molecular weight is 504 g/mol. The van der Waals surface area contributed by atoms with E-state index in [0.29, 0.717) is 18.7 Å². The summed E-state index contributed by atoms with van der Waals surface area (Å²) in [6.45, 7) is 4.75. The third-order valence-electron chi connectivity index (χ3n) is 5.80. The Hall–Kier alpha value is -2.91. The molecule has 35 heavy (non-hydrogen) atoms. The second-order valence-electron chi connectivity index (χ2n) is 8.44. The van der Waals surface area contributed by atoms with Crippen LogP contribution in [0.5, 0.6) is 5.75 Å². The van der Waals surface area contributed by atoms with Crippen molar-refractivity contribution in [1.29, 1.82) is 0 Å². The third kappa shape index (κ3) is 8.36. The minimum atomic E-state index is -3.63. The molecule has 9 heteroatoms. The number of unbranched alkanes of at least 4 members (excludes halogenated alkanes) is 1. The van der Waals surface area contributed by atoms with Gasteiger partial charge in [0.25, 0.3) is 0 Å². The summed E-state index contributed by atoms with van der Waals surface area (Å²) in [6.07, 6.45) is 2.27. The molecule has 1 atom stereocenters.